The predicted octanol–water partition coefficient (Wildman–Crippen LogP) is 3.88. The molecule has 0 radical (unpaired) electrons. The maximum Gasteiger partial charge on any atom is 0.191 e. The van der Waals surface area contributed by atoms with Gasteiger partial charge in [-0.15, -0.1) is 24.0 Å². The fourth-order valence-corrected chi connectivity index (χ4v) is 4.38. The van der Waals surface area contributed by atoms with Crippen LogP contribution < -0.4 is 10.6 Å². The maximum absolute atomic E-state index is 5.63. The highest BCUT2D eigenvalue weighted by molar-refractivity contribution is 14.0. The van der Waals surface area contributed by atoms with Gasteiger partial charge in [0, 0.05) is 39.4 Å². The van der Waals surface area contributed by atoms with Crippen molar-refractivity contribution in [3.8, 4) is 0 Å². The monoisotopic (exact) mass is 494 g/mol. The van der Waals surface area contributed by atoms with Crippen molar-refractivity contribution in [3.63, 3.8) is 0 Å². The number of aliphatic imine (C=N–C) groups is 1. The number of rotatable bonds is 11. The smallest absolute Gasteiger partial charge is 0.191 e. The van der Waals surface area contributed by atoms with E-state index in [0.29, 0.717) is 11.3 Å². The summed E-state index contributed by atoms with van der Waals surface area (Å²) in [6, 6.07) is 0. The molecule has 1 atom stereocenters. The Kier molecular flexibility index (Phi) is 12.9. The fraction of sp³-hybridized carbons (Fsp3) is 0.952. The van der Waals surface area contributed by atoms with Crippen LogP contribution in [0, 0.1) is 11.3 Å². The lowest BCUT2D eigenvalue weighted by atomic mass is 9.83. The highest BCUT2D eigenvalue weighted by atomic mass is 127. The Morgan fingerprint density at radius 1 is 1.11 bits per heavy atom. The second-order valence-corrected chi connectivity index (χ2v) is 8.34. The van der Waals surface area contributed by atoms with Crippen molar-refractivity contribution < 1.29 is 4.74 Å². The van der Waals surface area contributed by atoms with Gasteiger partial charge in [0.15, 0.2) is 5.96 Å². The average Bonchev–Trinajstić information content (AvgIpc) is 3.30. The maximum atomic E-state index is 5.63. The lowest BCUT2D eigenvalue weighted by molar-refractivity contribution is 0.107. The van der Waals surface area contributed by atoms with Crippen LogP contribution >= 0.6 is 24.0 Å². The molecule has 1 saturated carbocycles. The summed E-state index contributed by atoms with van der Waals surface area (Å²) in [4.78, 5) is 7.57. The van der Waals surface area contributed by atoms with Crippen LogP contribution in [0.4, 0.5) is 0 Å². The Balaban J connectivity index is 0.00000364. The number of halogens is 1. The zero-order chi connectivity index (χ0) is 18.7. The van der Waals surface area contributed by atoms with Gasteiger partial charge in [-0.2, -0.15) is 0 Å². The van der Waals surface area contributed by atoms with Gasteiger partial charge in [-0.1, -0.05) is 19.8 Å². The van der Waals surface area contributed by atoms with Crippen LogP contribution in [0.15, 0.2) is 4.99 Å². The molecule has 0 aromatic rings. The molecule has 2 rings (SSSR count). The number of guanidine groups is 1. The van der Waals surface area contributed by atoms with E-state index in [0.717, 1.165) is 45.2 Å². The molecule has 1 heterocycles. The van der Waals surface area contributed by atoms with Crippen LogP contribution in [0.25, 0.3) is 0 Å². The second kappa shape index (κ2) is 14.0. The van der Waals surface area contributed by atoms with E-state index in [1.54, 1.807) is 0 Å². The largest absolute Gasteiger partial charge is 0.382 e. The standard InChI is InChI=1S/C21H42N4O.HI/c1-4-22-20(23-16-19(3)17-25-13-8-9-14-25)24-18-21(10-6-7-11-21)12-15-26-5-2;/h19H,4-18H2,1-3H3,(H2,22,23,24);1H. The van der Waals surface area contributed by atoms with Gasteiger partial charge >= 0.3 is 0 Å². The lowest BCUT2D eigenvalue weighted by Crippen LogP contribution is -2.42. The summed E-state index contributed by atoms with van der Waals surface area (Å²) in [5.41, 5.74) is 0.360. The van der Waals surface area contributed by atoms with Crippen molar-refractivity contribution in [1.82, 2.24) is 15.5 Å². The lowest BCUT2D eigenvalue weighted by Gasteiger charge is -2.28. The molecule has 5 nitrogen and oxygen atoms in total. The molecule has 6 heteroatoms. The number of nitrogens with one attached hydrogen (secondary N) is 2. The van der Waals surface area contributed by atoms with Crippen LogP contribution in [0.1, 0.15) is 65.7 Å². The van der Waals surface area contributed by atoms with Crippen LogP contribution in [0.5, 0.6) is 0 Å². The van der Waals surface area contributed by atoms with Crippen molar-refractivity contribution in [2.75, 3.05) is 52.5 Å². The van der Waals surface area contributed by atoms with Crippen molar-refractivity contribution >= 4 is 29.9 Å². The number of nitrogens with zero attached hydrogens (tertiary/aromatic N) is 2. The summed E-state index contributed by atoms with van der Waals surface area (Å²) < 4.78 is 5.63. The van der Waals surface area contributed by atoms with E-state index in [2.05, 4.69) is 36.3 Å². The van der Waals surface area contributed by atoms with Gasteiger partial charge in [0.25, 0.3) is 0 Å². The molecule has 0 amide bonds. The highest BCUT2D eigenvalue weighted by Crippen LogP contribution is 2.41. The van der Waals surface area contributed by atoms with Gasteiger partial charge < -0.3 is 20.3 Å². The Bertz CT molecular complexity index is 407. The molecule has 1 aliphatic carbocycles. The van der Waals surface area contributed by atoms with E-state index in [4.69, 9.17) is 9.73 Å². The second-order valence-electron chi connectivity index (χ2n) is 8.34. The quantitative estimate of drug-likeness (QED) is 0.198. The molecule has 0 spiro atoms. The van der Waals surface area contributed by atoms with Gasteiger partial charge in [-0.25, -0.2) is 0 Å². The number of hydrogen-bond donors (Lipinski definition) is 2. The molecule has 2 N–H and O–H groups in total. The van der Waals surface area contributed by atoms with Crippen molar-refractivity contribution in [2.45, 2.75) is 65.7 Å². The third kappa shape index (κ3) is 9.31. The summed E-state index contributed by atoms with van der Waals surface area (Å²) in [5, 5.41) is 7.02. The van der Waals surface area contributed by atoms with Gasteiger partial charge in [0.05, 0.1) is 0 Å². The normalized spacial score (nSPS) is 21.1. The Labute approximate surface area is 184 Å². The molecule has 1 unspecified atom stereocenters. The minimum atomic E-state index is 0. The number of ether oxygens (including phenoxy) is 1. The molecule has 1 aliphatic heterocycles. The van der Waals surface area contributed by atoms with E-state index in [9.17, 15) is 0 Å². The van der Waals surface area contributed by atoms with Gasteiger partial charge in [0.2, 0.25) is 0 Å². The molecule has 27 heavy (non-hydrogen) atoms. The Hall–Kier alpha value is -0.0800. The van der Waals surface area contributed by atoms with Crippen LogP contribution in [-0.2, 0) is 4.74 Å². The first-order chi connectivity index (χ1) is 12.7. The van der Waals surface area contributed by atoms with Gasteiger partial charge in [-0.3, -0.25) is 4.99 Å². The summed E-state index contributed by atoms with van der Waals surface area (Å²) in [6.45, 7) is 14.9. The molecule has 0 bridgehead atoms. The molecular formula is C21H43IN4O. The van der Waals surface area contributed by atoms with E-state index in [1.807, 2.05) is 0 Å². The Morgan fingerprint density at radius 3 is 2.44 bits per heavy atom. The first-order valence-corrected chi connectivity index (χ1v) is 11.0. The first kappa shape index (κ1) is 25.0. The van der Waals surface area contributed by atoms with E-state index < -0.39 is 0 Å². The summed E-state index contributed by atoms with van der Waals surface area (Å²) in [6.07, 6.45) is 9.18. The number of likely N-dealkylation sites (tertiary alicyclic amines) is 1. The van der Waals surface area contributed by atoms with Crippen LogP contribution in [0.3, 0.4) is 0 Å². The topological polar surface area (TPSA) is 48.9 Å². The molecule has 0 aromatic carbocycles. The zero-order valence-corrected chi connectivity index (χ0v) is 20.2. The highest BCUT2D eigenvalue weighted by Gasteiger charge is 2.33. The van der Waals surface area contributed by atoms with Gasteiger partial charge in [0.1, 0.15) is 0 Å². The van der Waals surface area contributed by atoms with E-state index in [1.165, 1.54) is 58.2 Å². The first-order valence-electron chi connectivity index (χ1n) is 11.0. The average molecular weight is 495 g/mol. The molecule has 1 saturated heterocycles. The van der Waals surface area contributed by atoms with Crippen LogP contribution in [-0.4, -0.2) is 63.3 Å². The fourth-order valence-electron chi connectivity index (χ4n) is 4.38. The van der Waals surface area contributed by atoms with E-state index in [-0.39, 0.29) is 24.0 Å². The van der Waals surface area contributed by atoms with E-state index >= 15 is 0 Å². The molecule has 2 fully saturated rings. The minimum absolute atomic E-state index is 0. The predicted molar refractivity (Wildman–Crippen MR) is 126 cm³/mol. The molecule has 0 aromatic heterocycles. The zero-order valence-electron chi connectivity index (χ0n) is 17.9. The van der Waals surface area contributed by atoms with Crippen LogP contribution in [0.2, 0.25) is 0 Å². The molecule has 160 valence electrons. The summed E-state index contributed by atoms with van der Waals surface area (Å²) >= 11 is 0. The van der Waals surface area contributed by atoms with Gasteiger partial charge in [-0.05, 0) is 70.4 Å². The summed E-state index contributed by atoms with van der Waals surface area (Å²) in [5.74, 6) is 1.64. The third-order valence-electron chi connectivity index (χ3n) is 5.95. The molecular weight excluding hydrogens is 451 g/mol. The molecule has 2 aliphatic rings. The summed E-state index contributed by atoms with van der Waals surface area (Å²) in [7, 11) is 0. The van der Waals surface area contributed by atoms with Crippen molar-refractivity contribution in [2.24, 2.45) is 16.3 Å². The number of hydrogen-bond acceptors (Lipinski definition) is 3. The Morgan fingerprint density at radius 2 is 1.81 bits per heavy atom. The van der Waals surface area contributed by atoms with Crippen molar-refractivity contribution in [3.05, 3.63) is 0 Å². The third-order valence-corrected chi connectivity index (χ3v) is 5.95. The SMILES string of the molecule is CCNC(=NCC1(CCOCC)CCCC1)NCC(C)CN1CCCC1.I. The van der Waals surface area contributed by atoms with Crippen molar-refractivity contribution in [1.29, 1.82) is 0 Å². The minimum Gasteiger partial charge on any atom is -0.382 e.